The lowest BCUT2D eigenvalue weighted by Gasteiger charge is -2.11. The van der Waals surface area contributed by atoms with Gasteiger partial charge in [0.05, 0.1) is 6.61 Å². The first-order valence-electron chi connectivity index (χ1n) is 5.87. The van der Waals surface area contributed by atoms with Gasteiger partial charge in [-0.15, -0.1) is 0 Å². The van der Waals surface area contributed by atoms with Crippen LogP contribution in [0.4, 0.5) is 0 Å². The summed E-state index contributed by atoms with van der Waals surface area (Å²) in [6, 6.07) is 4.49. The Morgan fingerprint density at radius 1 is 1.19 bits per heavy atom. The minimum atomic E-state index is 0.150. The smallest absolute Gasteiger partial charge is 0.0614 e. The largest absolute Gasteiger partial charge is 0.392 e. The molecule has 0 heterocycles. The number of aliphatic hydroxyl groups is 1. The van der Waals surface area contributed by atoms with Crippen molar-refractivity contribution in [1.82, 2.24) is 0 Å². The van der Waals surface area contributed by atoms with Gasteiger partial charge >= 0.3 is 0 Å². The van der Waals surface area contributed by atoms with E-state index >= 15 is 0 Å². The topological polar surface area (TPSA) is 20.2 Å². The van der Waals surface area contributed by atoms with E-state index in [4.69, 9.17) is 5.11 Å². The molecule has 1 aromatic rings. The van der Waals surface area contributed by atoms with E-state index in [1.54, 1.807) is 0 Å². The second-order valence-electron chi connectivity index (χ2n) is 4.61. The fourth-order valence-corrected chi connectivity index (χ4v) is 2.18. The molecule has 0 saturated carbocycles. The predicted octanol–water partition coefficient (Wildman–Crippen LogP) is 3.48. The van der Waals surface area contributed by atoms with Crippen LogP contribution in [0.1, 0.15) is 35.6 Å². The lowest BCUT2D eigenvalue weighted by atomic mass is 9.95. The molecule has 0 amide bonds. The molecule has 0 aliphatic rings. The molecule has 0 aliphatic carbocycles. The number of allylic oxidation sites excluding steroid dienone is 1. The molecule has 1 N–H and O–H groups in total. The molecular weight excluding hydrogens is 196 g/mol. The van der Waals surface area contributed by atoms with Crippen LogP contribution in [-0.4, -0.2) is 11.7 Å². The van der Waals surface area contributed by atoms with Crippen molar-refractivity contribution in [2.24, 2.45) is 0 Å². The Hall–Kier alpha value is -1.08. The maximum Gasteiger partial charge on any atom is 0.0614 e. The van der Waals surface area contributed by atoms with Crippen molar-refractivity contribution in [3.05, 3.63) is 46.0 Å². The van der Waals surface area contributed by atoms with Crippen LogP contribution in [0.15, 0.2) is 23.8 Å². The molecule has 16 heavy (non-hydrogen) atoms. The Bertz CT molecular complexity index is 365. The maximum absolute atomic E-state index is 8.80. The van der Waals surface area contributed by atoms with Crippen molar-refractivity contribution in [3.8, 4) is 0 Å². The van der Waals surface area contributed by atoms with Gasteiger partial charge in [0.15, 0.2) is 0 Å². The molecule has 88 valence electrons. The van der Waals surface area contributed by atoms with Crippen LogP contribution in [0.25, 0.3) is 0 Å². The van der Waals surface area contributed by atoms with E-state index in [0.717, 1.165) is 12.8 Å². The molecule has 0 radical (unpaired) electrons. The summed E-state index contributed by atoms with van der Waals surface area (Å²) in [5, 5.41) is 8.80. The molecular formula is C15H22O. The number of hydrogen-bond donors (Lipinski definition) is 1. The molecule has 0 atom stereocenters. The lowest BCUT2D eigenvalue weighted by Crippen LogP contribution is -1.96. The van der Waals surface area contributed by atoms with Crippen LogP contribution in [-0.2, 0) is 6.42 Å². The van der Waals surface area contributed by atoms with Gasteiger partial charge in [-0.3, -0.25) is 0 Å². The molecule has 1 nitrogen and oxygen atoms in total. The van der Waals surface area contributed by atoms with Crippen molar-refractivity contribution in [2.45, 2.75) is 40.5 Å². The fraction of sp³-hybridized carbons (Fsp3) is 0.467. The van der Waals surface area contributed by atoms with Crippen LogP contribution < -0.4 is 0 Å². The SMILES string of the molecule is CC(=CCO)CCc1c(C)cc(C)cc1C. The Kier molecular flexibility index (Phi) is 4.75. The zero-order chi connectivity index (χ0) is 12.1. The molecule has 0 spiro atoms. The minimum Gasteiger partial charge on any atom is -0.392 e. The Balaban J connectivity index is 2.78. The van der Waals surface area contributed by atoms with Gasteiger partial charge in [0.1, 0.15) is 0 Å². The van der Waals surface area contributed by atoms with Crippen LogP contribution >= 0.6 is 0 Å². The number of rotatable bonds is 4. The minimum absolute atomic E-state index is 0.150. The first kappa shape index (κ1) is 13.0. The van der Waals surface area contributed by atoms with Crippen LogP contribution in [0, 0.1) is 20.8 Å². The average molecular weight is 218 g/mol. The zero-order valence-electron chi connectivity index (χ0n) is 10.8. The summed E-state index contributed by atoms with van der Waals surface area (Å²) in [6.07, 6.45) is 3.99. The third kappa shape index (κ3) is 3.49. The van der Waals surface area contributed by atoms with E-state index in [9.17, 15) is 0 Å². The summed E-state index contributed by atoms with van der Waals surface area (Å²) in [5.74, 6) is 0. The monoisotopic (exact) mass is 218 g/mol. The van der Waals surface area contributed by atoms with Crippen molar-refractivity contribution in [2.75, 3.05) is 6.61 Å². The quantitative estimate of drug-likeness (QED) is 0.767. The lowest BCUT2D eigenvalue weighted by molar-refractivity contribution is 0.341. The highest BCUT2D eigenvalue weighted by atomic mass is 16.2. The Morgan fingerprint density at radius 3 is 2.25 bits per heavy atom. The second-order valence-corrected chi connectivity index (χ2v) is 4.61. The molecule has 1 rings (SSSR count). The normalized spacial score (nSPS) is 11.9. The van der Waals surface area contributed by atoms with E-state index in [-0.39, 0.29) is 6.61 Å². The third-order valence-corrected chi connectivity index (χ3v) is 3.05. The van der Waals surface area contributed by atoms with E-state index in [1.807, 2.05) is 6.08 Å². The maximum atomic E-state index is 8.80. The fourth-order valence-electron chi connectivity index (χ4n) is 2.18. The molecule has 0 bridgehead atoms. The Labute approximate surface area is 98.8 Å². The van der Waals surface area contributed by atoms with Crippen LogP contribution in [0.3, 0.4) is 0 Å². The van der Waals surface area contributed by atoms with Gasteiger partial charge in [-0.1, -0.05) is 29.3 Å². The van der Waals surface area contributed by atoms with E-state index in [2.05, 4.69) is 39.8 Å². The van der Waals surface area contributed by atoms with Gasteiger partial charge in [0.2, 0.25) is 0 Å². The highest BCUT2D eigenvalue weighted by Crippen LogP contribution is 2.19. The van der Waals surface area contributed by atoms with Crippen LogP contribution in [0.5, 0.6) is 0 Å². The molecule has 1 aromatic carbocycles. The second kappa shape index (κ2) is 5.86. The highest BCUT2D eigenvalue weighted by Gasteiger charge is 2.03. The van der Waals surface area contributed by atoms with Gasteiger partial charge < -0.3 is 5.11 Å². The zero-order valence-corrected chi connectivity index (χ0v) is 10.8. The molecule has 0 aromatic heterocycles. The molecule has 0 aliphatic heterocycles. The summed E-state index contributed by atoms with van der Waals surface area (Å²) < 4.78 is 0. The summed E-state index contributed by atoms with van der Waals surface area (Å²) in [5.41, 5.74) is 6.82. The number of aliphatic hydroxyl groups excluding tert-OH is 1. The third-order valence-electron chi connectivity index (χ3n) is 3.05. The number of aryl methyl sites for hydroxylation is 3. The van der Waals surface area contributed by atoms with Crippen molar-refractivity contribution >= 4 is 0 Å². The first-order chi connectivity index (χ1) is 7.54. The molecule has 0 fully saturated rings. The Morgan fingerprint density at radius 2 is 1.75 bits per heavy atom. The van der Waals surface area contributed by atoms with Gasteiger partial charge in [-0.05, 0) is 57.2 Å². The van der Waals surface area contributed by atoms with Crippen molar-refractivity contribution < 1.29 is 5.11 Å². The average Bonchev–Trinajstić information content (AvgIpc) is 2.16. The summed E-state index contributed by atoms with van der Waals surface area (Å²) in [6.45, 7) is 8.73. The van der Waals surface area contributed by atoms with Gasteiger partial charge in [-0.25, -0.2) is 0 Å². The van der Waals surface area contributed by atoms with Gasteiger partial charge in [-0.2, -0.15) is 0 Å². The van der Waals surface area contributed by atoms with E-state index < -0.39 is 0 Å². The van der Waals surface area contributed by atoms with E-state index in [0.29, 0.717) is 0 Å². The van der Waals surface area contributed by atoms with Gasteiger partial charge in [0, 0.05) is 0 Å². The number of hydrogen-bond acceptors (Lipinski definition) is 1. The highest BCUT2D eigenvalue weighted by molar-refractivity contribution is 5.37. The number of benzene rings is 1. The summed E-state index contributed by atoms with van der Waals surface area (Å²) in [7, 11) is 0. The van der Waals surface area contributed by atoms with Crippen LogP contribution in [0.2, 0.25) is 0 Å². The molecule has 0 saturated heterocycles. The van der Waals surface area contributed by atoms with Crippen molar-refractivity contribution in [3.63, 3.8) is 0 Å². The summed E-state index contributed by atoms with van der Waals surface area (Å²) >= 11 is 0. The standard InChI is InChI=1S/C15H22O/c1-11(7-8-16)5-6-15-13(3)9-12(2)10-14(15)4/h7,9-10,16H,5-6,8H2,1-4H3. The first-order valence-corrected chi connectivity index (χ1v) is 5.87. The summed E-state index contributed by atoms with van der Waals surface area (Å²) in [4.78, 5) is 0. The molecule has 1 heteroatoms. The van der Waals surface area contributed by atoms with E-state index in [1.165, 1.54) is 27.8 Å². The van der Waals surface area contributed by atoms with Gasteiger partial charge in [0.25, 0.3) is 0 Å². The predicted molar refractivity (Wildman–Crippen MR) is 69.8 cm³/mol. The molecule has 0 unspecified atom stereocenters. The van der Waals surface area contributed by atoms with Crippen molar-refractivity contribution in [1.29, 1.82) is 0 Å².